The zero-order valence-corrected chi connectivity index (χ0v) is 95.2. The number of aliphatic hydroxyl groups excluding tert-OH is 1. The van der Waals surface area contributed by atoms with Crippen molar-refractivity contribution in [2.45, 2.75) is 50.7 Å². The van der Waals surface area contributed by atoms with Crippen LogP contribution in [-0.2, 0) is 162 Å². The van der Waals surface area contributed by atoms with Gasteiger partial charge in [0.05, 0.1) is 123 Å². The number of carbonyl (C=O) groups is 8. The molecule has 147 heavy (non-hydrogen) atoms. The summed E-state index contributed by atoms with van der Waals surface area (Å²) in [5, 5.41) is 21.8. The van der Waals surface area contributed by atoms with E-state index in [1.165, 1.54) is 24.1 Å². The molecule has 0 aromatic heterocycles. The molecule has 5 rings (SSSR count). The van der Waals surface area contributed by atoms with Crippen LogP contribution in [0.25, 0.3) is 24.3 Å². The number of anilines is 2. The number of alkyl halides is 8. The number of nitrogens with one attached hydrogen (secondary N) is 5. The number of sulfone groups is 10. The molecule has 830 valence electrons. The first kappa shape index (κ1) is 147. The number of halogens is 8. The normalized spacial score (nSPS) is 11.2. The molecule has 0 aliphatic rings. The maximum Gasteiger partial charge on any atom is 0.330 e. The molecule has 0 heterocycles. The van der Waals surface area contributed by atoms with Gasteiger partial charge in [0.1, 0.15) is 24.7 Å². The van der Waals surface area contributed by atoms with Crippen LogP contribution in [0, 0.1) is 0 Å². The van der Waals surface area contributed by atoms with Crippen LogP contribution in [0.1, 0.15) is 66.5 Å². The van der Waals surface area contributed by atoms with Crippen molar-refractivity contribution in [3.05, 3.63) is 244 Å². The number of hydrogen-bond acceptors (Lipinski definition) is 32. The van der Waals surface area contributed by atoms with E-state index < -0.39 is 175 Å². The van der Waals surface area contributed by atoms with Crippen LogP contribution in [0.5, 0.6) is 0 Å². The largest absolute Gasteiger partial charge is 0.462 e. The molecule has 0 bridgehead atoms. The molecular weight excluding hydrogens is 2290 g/mol. The lowest BCUT2D eigenvalue weighted by atomic mass is 10.1. The van der Waals surface area contributed by atoms with E-state index in [0.717, 1.165) is 35.1 Å². The SMILES string of the molecule is C=CC(=O)NCNC(=O)CCS(=O)(=O)CCCl.C=CC(=O)Nc1ccc(CS(=O)(=O)CCCl)cc1.C=CC(=O)OCCOC(=O)CCS(=O)(=O)CCCl.C=COC(=O)CS(=O)(=O)CCCl.C=Cc1ccc(CS(=O)(=O)CCCl)cc1.C=Cc1ccc(NC(=O)CS(=O)(=O)CCCl)cc1.C=Cc1ccccc1.C=Cc1ccccc1.CCNC(=O)CCS(=O)(=O)CCCl.CCS(=O)(=O)CCS(=O)(=O)CC(O)CS(=O)(=O)CCCl. The Morgan fingerprint density at radius 3 is 1.02 bits per heavy atom. The lowest BCUT2D eigenvalue weighted by Gasteiger charge is -2.11. The van der Waals surface area contributed by atoms with Crippen LogP contribution in [-0.4, -0.2) is 320 Å². The quantitative estimate of drug-likeness (QED) is 0.00401. The van der Waals surface area contributed by atoms with E-state index in [0.29, 0.717) is 23.5 Å². The fraction of sp³-hybridized carbons (Fsp3) is 0.413. The highest BCUT2D eigenvalue weighted by molar-refractivity contribution is 7.95. The first-order valence-corrected chi connectivity index (χ1v) is 65.6. The molecular formula is C92H129Cl8N5O32S10. The second kappa shape index (κ2) is 83.2. The molecule has 55 heteroatoms. The Hall–Kier alpha value is -8.44. The molecule has 5 aromatic rings. The van der Waals surface area contributed by atoms with Crippen LogP contribution < -0.4 is 26.6 Å². The number of aliphatic hydroxyl groups is 1. The molecule has 1 unspecified atom stereocenters. The predicted octanol–water partition coefficient (Wildman–Crippen LogP) is 10.1. The third kappa shape index (κ3) is 89.0. The fourth-order valence-electron chi connectivity index (χ4n) is 9.29. The Morgan fingerprint density at radius 1 is 0.327 bits per heavy atom. The van der Waals surface area contributed by atoms with Gasteiger partial charge in [-0.15, -0.1) is 92.8 Å². The number of carbonyl (C=O) groups excluding carboxylic acids is 8. The van der Waals surface area contributed by atoms with Gasteiger partial charge in [0, 0.05) is 89.6 Å². The van der Waals surface area contributed by atoms with Gasteiger partial charge in [-0.1, -0.05) is 193 Å². The number of ether oxygens (including phenoxy) is 3. The molecule has 37 nitrogen and oxygen atoms in total. The summed E-state index contributed by atoms with van der Waals surface area (Å²) in [7, 11) is -33.6. The minimum atomic E-state index is -3.84. The minimum Gasteiger partial charge on any atom is -0.462 e. The first-order chi connectivity index (χ1) is 68.6. The molecule has 5 aromatic carbocycles. The number of esters is 3. The molecule has 0 aliphatic heterocycles. The summed E-state index contributed by atoms with van der Waals surface area (Å²) in [6.45, 7) is 30.8. The van der Waals surface area contributed by atoms with E-state index >= 15 is 0 Å². The molecule has 0 saturated carbocycles. The highest BCUT2D eigenvalue weighted by Gasteiger charge is 2.26. The van der Waals surface area contributed by atoms with Crippen LogP contribution in [0.15, 0.2) is 211 Å². The lowest BCUT2D eigenvalue weighted by molar-refractivity contribution is -0.149. The maximum absolute atomic E-state index is 11.6. The van der Waals surface area contributed by atoms with Crippen LogP contribution in [0.2, 0.25) is 0 Å². The highest BCUT2D eigenvalue weighted by Crippen LogP contribution is 2.16. The molecule has 0 fully saturated rings. The summed E-state index contributed by atoms with van der Waals surface area (Å²) < 4.78 is 239. The van der Waals surface area contributed by atoms with Gasteiger partial charge in [-0.25, -0.2) is 89.0 Å². The smallest absolute Gasteiger partial charge is 0.330 e. The second-order valence-electron chi connectivity index (χ2n) is 28.9. The molecule has 5 amide bonds. The number of benzene rings is 5. The van der Waals surface area contributed by atoms with Gasteiger partial charge in [0.15, 0.2) is 98.4 Å². The van der Waals surface area contributed by atoms with Gasteiger partial charge in [-0.3, -0.25) is 33.6 Å². The monoisotopic (exact) mass is 2420 g/mol. The topological polar surface area (TPSA) is 586 Å². The molecule has 0 aliphatic carbocycles. The molecule has 0 saturated heterocycles. The Balaban J connectivity index is -0.000000513. The van der Waals surface area contributed by atoms with Gasteiger partial charge in [0.2, 0.25) is 29.5 Å². The number of rotatable bonds is 57. The van der Waals surface area contributed by atoms with Crippen molar-refractivity contribution in [2.24, 2.45) is 0 Å². The average molecular weight is 2420 g/mol. The summed E-state index contributed by atoms with van der Waals surface area (Å²) in [5.41, 5.74) is 6.84. The summed E-state index contributed by atoms with van der Waals surface area (Å²) in [5.74, 6) is -9.79. The molecule has 0 radical (unpaired) electrons. The zero-order valence-electron chi connectivity index (χ0n) is 81.0. The summed E-state index contributed by atoms with van der Waals surface area (Å²) >= 11 is 42.5. The minimum absolute atomic E-state index is 0.00507. The zero-order chi connectivity index (χ0) is 113. The van der Waals surface area contributed by atoms with E-state index in [9.17, 15) is 128 Å². The van der Waals surface area contributed by atoms with E-state index in [1.807, 2.05) is 84.9 Å². The van der Waals surface area contributed by atoms with Gasteiger partial charge in [0.25, 0.3) is 0 Å². The van der Waals surface area contributed by atoms with Gasteiger partial charge < -0.3 is 45.9 Å². The summed E-state index contributed by atoms with van der Waals surface area (Å²) in [4.78, 5) is 87.7. The lowest BCUT2D eigenvalue weighted by Crippen LogP contribution is -2.37. The third-order valence-electron chi connectivity index (χ3n) is 16.7. The van der Waals surface area contributed by atoms with E-state index in [-0.39, 0.29) is 179 Å². The Morgan fingerprint density at radius 2 is 0.653 bits per heavy atom. The number of amides is 5. The van der Waals surface area contributed by atoms with Crippen molar-refractivity contribution in [3.63, 3.8) is 0 Å². The Bertz CT molecular complexity index is 6050. The molecule has 1 atom stereocenters. The van der Waals surface area contributed by atoms with E-state index in [1.54, 1.807) is 79.7 Å². The highest BCUT2D eigenvalue weighted by atomic mass is 35.5. The van der Waals surface area contributed by atoms with Crippen molar-refractivity contribution >= 4 is 274 Å². The van der Waals surface area contributed by atoms with Gasteiger partial charge in [-0.2, -0.15) is 0 Å². The van der Waals surface area contributed by atoms with Crippen molar-refractivity contribution in [1.29, 1.82) is 0 Å². The molecule has 0 spiro atoms. The third-order valence-corrected chi connectivity index (χ3v) is 36.6. The van der Waals surface area contributed by atoms with Gasteiger partial charge >= 0.3 is 17.9 Å². The molecule has 6 N–H and O–H groups in total. The standard InChI is InChI=1S/2C12H14ClNO3S.C11H13ClO2S.C10H15ClO6S.C9H15ClN2O4S.C9H19ClO7S3.2C8H8.C7H14ClNO3S.C6H9ClO4S/c1-2-12(15)14-11-5-3-10(4-6-11)9-18(16,17)8-7-13;1-2-10-3-5-11(6-4-10)14-12(15)9-18(16,17)8-7-13;1-2-10-3-5-11(6-4-10)9-15(13,14)8-7-12;1-2-9(12)16-5-6-17-10(13)3-7-18(14,15)8-4-11;1-2-8(13)11-7-12-9(14)3-5-17(15,16)6-4-10;1-2-18(12,13)5-6-20(16,17)8-9(11)7-19(14,15)4-3-10;2*1-2-8-6-4-3-5-7-8;1-2-9-7(10)3-5-13(11,12)6-4-8;1-2-11-6(8)5-12(9,10)4-3-7/h2*2-6H,1,7-9H2,(H,14,15);2-6H,1,7-9H2;2H,1,3-8H2;2H,1,3-7H2,(H,11,13)(H,12,14);9,11H,2-8H2,1H3;2*2-7H,1H2;2-6H2,1H3,(H,9,10);2H,1,3-5H2. The Kier molecular flexibility index (Phi) is 83.2. The fourth-order valence-corrected chi connectivity index (χ4v) is 26.0. The van der Waals surface area contributed by atoms with Crippen molar-refractivity contribution < 1.29 is 142 Å². The summed E-state index contributed by atoms with van der Waals surface area (Å²) in [6, 6.07) is 40.9. The van der Waals surface area contributed by atoms with Crippen LogP contribution in [0.4, 0.5) is 11.4 Å². The Labute approximate surface area is 906 Å². The first-order valence-electron chi connectivity index (χ1n) is 43.1. The number of hydrogen-bond donors (Lipinski definition) is 6. The van der Waals surface area contributed by atoms with Crippen LogP contribution >= 0.6 is 92.8 Å². The van der Waals surface area contributed by atoms with Crippen molar-refractivity contribution in [3.8, 4) is 0 Å². The van der Waals surface area contributed by atoms with Crippen LogP contribution in [0.3, 0.4) is 0 Å². The maximum atomic E-state index is 11.6. The predicted molar refractivity (Wildman–Crippen MR) is 594 cm³/mol. The average Bonchev–Trinajstić information content (AvgIpc) is 0.873. The summed E-state index contributed by atoms with van der Waals surface area (Å²) in [6.07, 6.45) is 9.21. The van der Waals surface area contributed by atoms with E-state index in [2.05, 4.69) is 93.4 Å². The van der Waals surface area contributed by atoms with E-state index in [4.69, 9.17) is 92.8 Å². The van der Waals surface area contributed by atoms with Gasteiger partial charge in [-0.05, 0) is 76.7 Å². The second-order valence-corrected chi connectivity index (χ2v) is 54.5. The van der Waals surface area contributed by atoms with Crippen molar-refractivity contribution in [1.82, 2.24) is 16.0 Å². The van der Waals surface area contributed by atoms with Crippen molar-refractivity contribution in [2.75, 3.05) is 188 Å².